The van der Waals surface area contributed by atoms with Crippen molar-refractivity contribution in [3.63, 3.8) is 0 Å². The number of carboxylic acid groups (broad SMARTS) is 1. The molecule has 0 amide bonds. The molecule has 1 saturated heterocycles. The Morgan fingerprint density at radius 3 is 2.59 bits per heavy atom. The molecule has 1 atom stereocenters. The Hall–Kier alpha value is -2.47. The number of carbonyl (C=O) groups excluding carboxylic acids is 2. The van der Waals surface area contributed by atoms with Crippen molar-refractivity contribution in [2.75, 3.05) is 6.54 Å². The minimum absolute atomic E-state index is 0.122. The van der Waals surface area contributed by atoms with Crippen LogP contribution in [0.25, 0.3) is 6.08 Å². The summed E-state index contributed by atoms with van der Waals surface area (Å²) in [7, 11) is 0. The van der Waals surface area contributed by atoms with Gasteiger partial charge < -0.3 is 15.2 Å². The molecular weight excluding hydrogens is 286 g/mol. The van der Waals surface area contributed by atoms with Crippen molar-refractivity contribution < 1.29 is 24.2 Å². The van der Waals surface area contributed by atoms with E-state index in [9.17, 15) is 14.4 Å². The third kappa shape index (κ3) is 4.53. The Bertz CT molecular complexity index is 588. The number of hydrogen-bond donors (Lipinski definition) is 2. The van der Waals surface area contributed by atoms with Crippen LogP contribution in [0.1, 0.15) is 24.8 Å². The lowest BCUT2D eigenvalue weighted by atomic mass is 10.1. The van der Waals surface area contributed by atoms with Gasteiger partial charge in [0.1, 0.15) is 6.04 Å². The van der Waals surface area contributed by atoms with Gasteiger partial charge in [-0.2, -0.15) is 0 Å². The van der Waals surface area contributed by atoms with Crippen molar-refractivity contribution in [1.29, 1.82) is 0 Å². The Morgan fingerprint density at radius 2 is 2.00 bits per heavy atom. The molecule has 2 N–H and O–H groups in total. The molecule has 1 aliphatic rings. The highest BCUT2D eigenvalue weighted by atomic mass is 16.6. The smallest absolute Gasteiger partial charge is 0.332 e. The van der Waals surface area contributed by atoms with E-state index in [-0.39, 0.29) is 5.57 Å². The van der Waals surface area contributed by atoms with Crippen LogP contribution in [0.4, 0.5) is 0 Å². The van der Waals surface area contributed by atoms with Gasteiger partial charge in [0.05, 0.1) is 6.42 Å². The van der Waals surface area contributed by atoms with Crippen molar-refractivity contribution in [2.45, 2.75) is 25.3 Å². The van der Waals surface area contributed by atoms with Crippen LogP contribution in [0.2, 0.25) is 0 Å². The lowest BCUT2D eigenvalue weighted by Gasteiger charge is -2.09. The highest BCUT2D eigenvalue weighted by molar-refractivity contribution is 5.99. The lowest BCUT2D eigenvalue weighted by molar-refractivity contribution is -0.161. The minimum atomic E-state index is -1.22. The Balaban J connectivity index is 1.98. The quantitative estimate of drug-likeness (QED) is 0.485. The van der Waals surface area contributed by atoms with Crippen LogP contribution in [0.3, 0.4) is 0 Å². The fraction of sp³-hybridized carbons (Fsp3) is 0.312. The SMILES string of the molecule is O=C(CC(=Cc1ccccc1)C(=O)O)OC(=O)[C@@H]1CCCN1. The molecule has 1 aliphatic heterocycles. The van der Waals surface area contributed by atoms with E-state index in [1.165, 1.54) is 6.08 Å². The van der Waals surface area contributed by atoms with Crippen LogP contribution in [-0.4, -0.2) is 35.6 Å². The number of carbonyl (C=O) groups is 3. The second-order valence-electron chi connectivity index (χ2n) is 5.00. The monoisotopic (exact) mass is 303 g/mol. The van der Waals surface area contributed by atoms with Gasteiger partial charge in [0.15, 0.2) is 0 Å². The largest absolute Gasteiger partial charge is 0.478 e. The van der Waals surface area contributed by atoms with E-state index in [0.717, 1.165) is 6.42 Å². The van der Waals surface area contributed by atoms with Gasteiger partial charge in [-0.05, 0) is 31.0 Å². The first kappa shape index (κ1) is 15.9. The second kappa shape index (κ2) is 7.51. The summed E-state index contributed by atoms with van der Waals surface area (Å²) >= 11 is 0. The maximum atomic E-state index is 11.7. The van der Waals surface area contributed by atoms with Crippen LogP contribution in [0.15, 0.2) is 35.9 Å². The molecule has 0 bridgehead atoms. The van der Waals surface area contributed by atoms with Gasteiger partial charge in [0, 0.05) is 5.57 Å². The van der Waals surface area contributed by atoms with E-state index in [1.54, 1.807) is 30.3 Å². The van der Waals surface area contributed by atoms with Crippen molar-refractivity contribution in [1.82, 2.24) is 5.32 Å². The summed E-state index contributed by atoms with van der Waals surface area (Å²) in [5, 5.41) is 12.1. The first-order valence-corrected chi connectivity index (χ1v) is 7.03. The van der Waals surface area contributed by atoms with Gasteiger partial charge >= 0.3 is 17.9 Å². The molecule has 0 unspecified atom stereocenters. The molecule has 6 heteroatoms. The van der Waals surface area contributed by atoms with Gasteiger partial charge in [0.2, 0.25) is 0 Å². The molecule has 0 radical (unpaired) electrons. The molecule has 0 spiro atoms. The highest BCUT2D eigenvalue weighted by Crippen LogP contribution is 2.12. The number of esters is 2. The number of benzene rings is 1. The predicted molar refractivity (Wildman–Crippen MR) is 78.8 cm³/mol. The van der Waals surface area contributed by atoms with Crippen LogP contribution in [0, 0.1) is 0 Å². The van der Waals surface area contributed by atoms with Gasteiger partial charge in [0.25, 0.3) is 0 Å². The first-order valence-electron chi connectivity index (χ1n) is 7.03. The third-order valence-corrected chi connectivity index (χ3v) is 3.31. The maximum absolute atomic E-state index is 11.7. The Kier molecular flexibility index (Phi) is 5.43. The molecule has 0 aromatic heterocycles. The molecule has 0 saturated carbocycles. The normalized spacial score (nSPS) is 18.0. The lowest BCUT2D eigenvalue weighted by Crippen LogP contribution is -2.34. The Labute approximate surface area is 127 Å². The zero-order valence-corrected chi connectivity index (χ0v) is 12.0. The molecule has 2 rings (SSSR count). The maximum Gasteiger partial charge on any atom is 0.332 e. The summed E-state index contributed by atoms with van der Waals surface area (Å²) in [6.45, 7) is 0.711. The van der Waals surface area contributed by atoms with E-state index < -0.39 is 30.4 Å². The van der Waals surface area contributed by atoms with Crippen LogP contribution in [-0.2, 0) is 19.1 Å². The van der Waals surface area contributed by atoms with Crippen molar-refractivity contribution in [2.24, 2.45) is 0 Å². The van der Waals surface area contributed by atoms with Crippen molar-refractivity contribution >= 4 is 24.0 Å². The van der Waals surface area contributed by atoms with Gasteiger partial charge in [-0.1, -0.05) is 30.3 Å². The zero-order valence-electron chi connectivity index (χ0n) is 12.0. The Morgan fingerprint density at radius 1 is 1.27 bits per heavy atom. The fourth-order valence-corrected chi connectivity index (χ4v) is 2.20. The summed E-state index contributed by atoms with van der Waals surface area (Å²) in [4.78, 5) is 34.6. The third-order valence-electron chi connectivity index (χ3n) is 3.31. The molecule has 6 nitrogen and oxygen atoms in total. The van der Waals surface area contributed by atoms with Gasteiger partial charge in [-0.15, -0.1) is 0 Å². The topological polar surface area (TPSA) is 92.7 Å². The fourth-order valence-electron chi connectivity index (χ4n) is 2.20. The van der Waals surface area contributed by atoms with E-state index in [2.05, 4.69) is 5.32 Å². The van der Waals surface area contributed by atoms with E-state index in [0.29, 0.717) is 18.5 Å². The molecule has 1 aromatic carbocycles. The number of nitrogens with one attached hydrogen (secondary N) is 1. The van der Waals surface area contributed by atoms with Crippen LogP contribution in [0.5, 0.6) is 0 Å². The van der Waals surface area contributed by atoms with Gasteiger partial charge in [-0.25, -0.2) is 9.59 Å². The van der Waals surface area contributed by atoms with E-state index in [4.69, 9.17) is 9.84 Å². The predicted octanol–water partition coefficient (Wildman–Crippen LogP) is 1.37. The molecule has 116 valence electrons. The summed E-state index contributed by atoms with van der Waals surface area (Å²) in [6.07, 6.45) is 2.41. The van der Waals surface area contributed by atoms with Crippen molar-refractivity contribution in [3.05, 3.63) is 41.5 Å². The zero-order chi connectivity index (χ0) is 15.9. The van der Waals surface area contributed by atoms with Crippen molar-refractivity contribution in [3.8, 4) is 0 Å². The number of rotatable bonds is 5. The standard InChI is InChI=1S/C16H17NO5/c18-14(22-16(21)13-7-4-8-17-13)10-12(15(19)20)9-11-5-2-1-3-6-11/h1-3,5-6,9,13,17H,4,7-8,10H2,(H,19,20)/t13-/m0/s1. The summed E-state index contributed by atoms with van der Waals surface area (Å²) in [5.41, 5.74) is 0.542. The highest BCUT2D eigenvalue weighted by Gasteiger charge is 2.26. The summed E-state index contributed by atoms with van der Waals surface area (Å²) in [6, 6.07) is 8.30. The van der Waals surface area contributed by atoms with E-state index >= 15 is 0 Å². The number of aliphatic carboxylic acids is 1. The molecule has 1 heterocycles. The van der Waals surface area contributed by atoms with Gasteiger partial charge in [-0.3, -0.25) is 4.79 Å². The van der Waals surface area contributed by atoms with Crippen LogP contribution >= 0.6 is 0 Å². The number of ether oxygens (including phenoxy) is 1. The summed E-state index contributed by atoms with van der Waals surface area (Å²) in [5.74, 6) is -2.72. The van der Waals surface area contributed by atoms with E-state index in [1.807, 2.05) is 0 Å². The number of hydrogen-bond acceptors (Lipinski definition) is 5. The molecule has 22 heavy (non-hydrogen) atoms. The molecule has 1 fully saturated rings. The van der Waals surface area contributed by atoms with Crippen LogP contribution < -0.4 is 5.32 Å². The molecular formula is C16H17NO5. The average molecular weight is 303 g/mol. The first-order chi connectivity index (χ1) is 10.6. The second-order valence-corrected chi connectivity index (χ2v) is 5.00. The average Bonchev–Trinajstić information content (AvgIpc) is 3.01. The molecule has 1 aromatic rings. The summed E-state index contributed by atoms with van der Waals surface area (Å²) < 4.78 is 4.71. The number of carboxylic acids is 1. The minimum Gasteiger partial charge on any atom is -0.478 e. The molecule has 0 aliphatic carbocycles.